The summed E-state index contributed by atoms with van der Waals surface area (Å²) < 4.78 is 18.8. The normalized spacial score (nSPS) is 21.7. The van der Waals surface area contributed by atoms with Crippen molar-refractivity contribution in [1.29, 1.82) is 0 Å². The van der Waals surface area contributed by atoms with Crippen LogP contribution in [0, 0.1) is 5.82 Å². The molecule has 1 saturated carbocycles. The Bertz CT molecular complexity index is 977. The summed E-state index contributed by atoms with van der Waals surface area (Å²) >= 11 is 0. The van der Waals surface area contributed by atoms with Crippen molar-refractivity contribution in [2.24, 2.45) is 0 Å². The molecule has 1 N–H and O–H groups in total. The predicted octanol–water partition coefficient (Wildman–Crippen LogP) is 4.20. The van der Waals surface area contributed by atoms with Crippen LogP contribution >= 0.6 is 0 Å². The average Bonchev–Trinajstić information content (AvgIpc) is 3.35. The number of ketones is 1. The van der Waals surface area contributed by atoms with E-state index in [9.17, 15) is 19.1 Å². The van der Waals surface area contributed by atoms with Crippen molar-refractivity contribution in [2.75, 3.05) is 7.11 Å². The number of hydrogen-bond acceptors (Lipinski definition) is 4. The van der Waals surface area contributed by atoms with E-state index in [4.69, 9.17) is 4.74 Å². The van der Waals surface area contributed by atoms with Crippen LogP contribution in [0.25, 0.3) is 5.76 Å². The van der Waals surface area contributed by atoms with Crippen LogP contribution in [0.4, 0.5) is 4.39 Å². The van der Waals surface area contributed by atoms with Crippen molar-refractivity contribution in [3.8, 4) is 5.75 Å². The highest BCUT2D eigenvalue weighted by molar-refractivity contribution is 6.46. The van der Waals surface area contributed by atoms with E-state index in [1.54, 1.807) is 17.0 Å². The Morgan fingerprint density at radius 3 is 2.38 bits per heavy atom. The molecular weight excluding hydrogens is 373 g/mol. The van der Waals surface area contributed by atoms with Crippen LogP contribution in [0.1, 0.15) is 42.9 Å². The largest absolute Gasteiger partial charge is 0.507 e. The summed E-state index contributed by atoms with van der Waals surface area (Å²) in [4.78, 5) is 27.6. The minimum atomic E-state index is -0.751. The van der Waals surface area contributed by atoms with Gasteiger partial charge in [-0.1, -0.05) is 31.0 Å². The van der Waals surface area contributed by atoms with Gasteiger partial charge in [0.05, 0.1) is 18.7 Å². The molecule has 2 aromatic carbocycles. The fourth-order valence-electron chi connectivity index (χ4n) is 4.37. The van der Waals surface area contributed by atoms with Crippen LogP contribution in [0.2, 0.25) is 0 Å². The third-order valence-corrected chi connectivity index (χ3v) is 5.75. The van der Waals surface area contributed by atoms with E-state index in [2.05, 4.69) is 0 Å². The molecule has 2 fully saturated rings. The number of halogens is 1. The summed E-state index contributed by atoms with van der Waals surface area (Å²) in [7, 11) is 1.53. The SMILES string of the molecule is COc1ccccc1C1/C(=C(/O)c2ccc(F)cc2)C(=O)C(=O)N1C1CCCC1. The van der Waals surface area contributed by atoms with Crippen LogP contribution in [0.3, 0.4) is 0 Å². The Balaban J connectivity index is 1.92. The number of benzene rings is 2. The van der Waals surface area contributed by atoms with Crippen molar-refractivity contribution in [1.82, 2.24) is 4.90 Å². The van der Waals surface area contributed by atoms with Gasteiger partial charge >= 0.3 is 0 Å². The van der Waals surface area contributed by atoms with Crippen molar-refractivity contribution >= 4 is 17.4 Å². The first kappa shape index (κ1) is 19.2. The number of nitrogens with zero attached hydrogens (tertiary/aromatic N) is 1. The Labute approximate surface area is 168 Å². The molecule has 6 heteroatoms. The molecular formula is C23H22FNO4. The fraction of sp³-hybridized carbons (Fsp3) is 0.304. The maximum absolute atomic E-state index is 13.3. The fourth-order valence-corrected chi connectivity index (χ4v) is 4.37. The van der Waals surface area contributed by atoms with Gasteiger partial charge in [-0.25, -0.2) is 4.39 Å². The number of carbonyl (C=O) groups excluding carboxylic acids is 2. The zero-order valence-electron chi connectivity index (χ0n) is 16.1. The molecule has 1 unspecified atom stereocenters. The predicted molar refractivity (Wildman–Crippen MR) is 106 cm³/mol. The first-order valence-corrected chi connectivity index (χ1v) is 9.72. The van der Waals surface area contributed by atoms with Gasteiger partial charge in [-0.2, -0.15) is 0 Å². The monoisotopic (exact) mass is 395 g/mol. The zero-order valence-corrected chi connectivity index (χ0v) is 16.1. The van der Waals surface area contributed by atoms with E-state index in [-0.39, 0.29) is 22.9 Å². The lowest BCUT2D eigenvalue weighted by molar-refractivity contribution is -0.141. The summed E-state index contributed by atoms with van der Waals surface area (Å²) in [6, 6.07) is 11.6. The standard InChI is InChI=1S/C23H22FNO4/c1-29-18-9-5-4-8-17(18)20-19(21(26)14-10-12-15(24)13-11-14)22(27)23(28)25(20)16-6-2-3-7-16/h4-5,8-13,16,20,26H,2-3,6-7H2,1H3/b21-19-. The number of para-hydroxylation sites is 1. The first-order chi connectivity index (χ1) is 14.0. The highest BCUT2D eigenvalue weighted by Gasteiger charge is 2.49. The smallest absolute Gasteiger partial charge is 0.295 e. The van der Waals surface area contributed by atoms with Gasteiger partial charge in [0.25, 0.3) is 11.7 Å². The van der Waals surface area contributed by atoms with E-state index < -0.39 is 23.5 Å². The number of aliphatic hydroxyl groups excluding tert-OH is 1. The molecule has 150 valence electrons. The van der Waals surface area contributed by atoms with Gasteiger partial charge in [-0.15, -0.1) is 0 Å². The lowest BCUT2D eigenvalue weighted by Crippen LogP contribution is -2.37. The van der Waals surface area contributed by atoms with Gasteiger partial charge in [-0.05, 0) is 43.2 Å². The second kappa shape index (κ2) is 7.70. The lowest BCUT2D eigenvalue weighted by atomic mass is 9.94. The van der Waals surface area contributed by atoms with E-state index in [0.717, 1.165) is 25.7 Å². The molecule has 1 atom stereocenters. The van der Waals surface area contributed by atoms with Gasteiger partial charge in [0.1, 0.15) is 17.3 Å². The number of ether oxygens (including phenoxy) is 1. The Hall–Kier alpha value is -3.15. The van der Waals surface area contributed by atoms with Crippen molar-refractivity contribution < 1.29 is 23.8 Å². The highest BCUT2D eigenvalue weighted by Crippen LogP contribution is 2.45. The van der Waals surface area contributed by atoms with Crippen molar-refractivity contribution in [2.45, 2.75) is 37.8 Å². The van der Waals surface area contributed by atoms with Crippen molar-refractivity contribution in [3.05, 3.63) is 71.0 Å². The topological polar surface area (TPSA) is 66.8 Å². The number of amides is 1. The maximum atomic E-state index is 13.3. The third kappa shape index (κ3) is 3.28. The van der Waals surface area contributed by atoms with Crippen LogP contribution in [-0.2, 0) is 9.59 Å². The molecule has 29 heavy (non-hydrogen) atoms. The lowest BCUT2D eigenvalue weighted by Gasteiger charge is -2.31. The van der Waals surface area contributed by atoms with Gasteiger partial charge in [-0.3, -0.25) is 9.59 Å². The molecule has 0 radical (unpaired) electrons. The molecule has 1 saturated heterocycles. The average molecular weight is 395 g/mol. The summed E-state index contributed by atoms with van der Waals surface area (Å²) in [5.74, 6) is -1.56. The summed E-state index contributed by atoms with van der Waals surface area (Å²) in [6.45, 7) is 0. The Morgan fingerprint density at radius 1 is 1.07 bits per heavy atom. The van der Waals surface area contributed by atoms with Gasteiger partial charge in [0, 0.05) is 17.2 Å². The molecule has 1 amide bonds. The quantitative estimate of drug-likeness (QED) is 0.479. The molecule has 0 bridgehead atoms. The highest BCUT2D eigenvalue weighted by atomic mass is 19.1. The van der Waals surface area contributed by atoms with Crippen LogP contribution in [0.15, 0.2) is 54.1 Å². The van der Waals surface area contributed by atoms with Crippen LogP contribution < -0.4 is 4.74 Å². The molecule has 0 spiro atoms. The second-order valence-electron chi connectivity index (χ2n) is 7.39. The minimum Gasteiger partial charge on any atom is -0.507 e. The number of Topliss-reactive ketones (excluding diaryl/α,β-unsaturated/α-hetero) is 1. The Morgan fingerprint density at radius 2 is 1.72 bits per heavy atom. The van der Waals surface area contributed by atoms with E-state index in [1.165, 1.54) is 31.4 Å². The zero-order chi connectivity index (χ0) is 20.5. The summed E-state index contributed by atoms with van der Waals surface area (Å²) in [6.07, 6.45) is 3.61. The van der Waals surface area contributed by atoms with Crippen LogP contribution in [0.5, 0.6) is 5.75 Å². The number of likely N-dealkylation sites (tertiary alicyclic amines) is 1. The second-order valence-corrected chi connectivity index (χ2v) is 7.39. The van der Waals surface area contributed by atoms with E-state index in [0.29, 0.717) is 11.3 Å². The number of methoxy groups -OCH3 is 1. The molecule has 1 aliphatic heterocycles. The number of carbonyl (C=O) groups is 2. The Kier molecular flexibility index (Phi) is 5.09. The number of aliphatic hydroxyl groups is 1. The molecule has 1 aliphatic carbocycles. The van der Waals surface area contributed by atoms with Gasteiger partial charge in [0.2, 0.25) is 0 Å². The van der Waals surface area contributed by atoms with E-state index in [1.807, 2.05) is 12.1 Å². The molecule has 1 heterocycles. The summed E-state index contributed by atoms with van der Waals surface area (Å²) in [5, 5.41) is 11.0. The minimum absolute atomic E-state index is 0.0120. The molecule has 5 nitrogen and oxygen atoms in total. The van der Waals surface area contributed by atoms with E-state index >= 15 is 0 Å². The number of rotatable bonds is 4. The maximum Gasteiger partial charge on any atom is 0.295 e. The van der Waals surface area contributed by atoms with Crippen molar-refractivity contribution in [3.63, 3.8) is 0 Å². The van der Waals surface area contributed by atoms with Gasteiger partial charge < -0.3 is 14.7 Å². The van der Waals surface area contributed by atoms with Gasteiger partial charge in [0.15, 0.2) is 0 Å². The molecule has 2 aromatic rings. The molecule has 4 rings (SSSR count). The number of hydrogen-bond donors (Lipinski definition) is 1. The molecule has 0 aromatic heterocycles. The first-order valence-electron chi connectivity index (χ1n) is 9.72. The third-order valence-electron chi connectivity index (χ3n) is 5.75. The summed E-state index contributed by atoms with van der Waals surface area (Å²) in [5.41, 5.74) is 0.943. The molecule has 2 aliphatic rings. The van der Waals surface area contributed by atoms with Crippen LogP contribution in [-0.4, -0.2) is 34.8 Å².